The van der Waals surface area contributed by atoms with Crippen molar-refractivity contribution in [2.24, 2.45) is 5.92 Å². The highest BCUT2D eigenvalue weighted by atomic mass is 16.4. The lowest BCUT2D eigenvalue weighted by Crippen LogP contribution is -2.51. The largest absolute Gasteiger partial charge is 0.480 e. The van der Waals surface area contributed by atoms with Crippen LogP contribution < -0.4 is 4.90 Å². The molecule has 1 aromatic rings. The van der Waals surface area contributed by atoms with Crippen molar-refractivity contribution in [3.8, 4) is 0 Å². The molecule has 6 heteroatoms. The van der Waals surface area contributed by atoms with E-state index in [1.165, 1.54) is 6.42 Å². The lowest BCUT2D eigenvalue weighted by Gasteiger charge is -2.40. The first-order valence-corrected chi connectivity index (χ1v) is 9.52. The van der Waals surface area contributed by atoms with Crippen LogP contribution in [0.4, 0.5) is 5.82 Å². The van der Waals surface area contributed by atoms with Crippen molar-refractivity contribution < 1.29 is 9.90 Å². The van der Waals surface area contributed by atoms with Crippen molar-refractivity contribution in [3.05, 3.63) is 24.4 Å². The summed E-state index contributed by atoms with van der Waals surface area (Å²) >= 11 is 0. The smallest absolute Gasteiger partial charge is 0.320 e. The standard InChI is InChI=1S/C19H30N4O2/c1-2-17(19(24)25)23-9-5-6-16(15-23)14-21-10-12-22(13-11-21)18-7-3-4-8-20-18/h3-4,7-8,16-17H,2,5-6,9-15H2,1H3,(H,24,25)/t16-,17+/m1/s1. The van der Waals surface area contributed by atoms with Gasteiger partial charge in [-0.25, -0.2) is 4.98 Å². The fourth-order valence-corrected chi connectivity index (χ4v) is 4.18. The Hall–Kier alpha value is -1.66. The number of piperazine rings is 1. The second-order valence-electron chi connectivity index (χ2n) is 7.24. The second-order valence-corrected chi connectivity index (χ2v) is 7.24. The molecule has 138 valence electrons. The molecule has 0 aliphatic carbocycles. The van der Waals surface area contributed by atoms with Crippen LogP contribution in [0.2, 0.25) is 0 Å². The highest BCUT2D eigenvalue weighted by Crippen LogP contribution is 2.22. The fourth-order valence-electron chi connectivity index (χ4n) is 4.18. The monoisotopic (exact) mass is 346 g/mol. The van der Waals surface area contributed by atoms with E-state index in [-0.39, 0.29) is 6.04 Å². The summed E-state index contributed by atoms with van der Waals surface area (Å²) in [5, 5.41) is 9.41. The molecule has 2 aliphatic rings. The van der Waals surface area contributed by atoms with Gasteiger partial charge in [0.25, 0.3) is 0 Å². The first-order valence-electron chi connectivity index (χ1n) is 9.52. The summed E-state index contributed by atoms with van der Waals surface area (Å²) in [4.78, 5) is 22.9. The molecule has 25 heavy (non-hydrogen) atoms. The number of nitrogens with zero attached hydrogens (tertiary/aromatic N) is 4. The van der Waals surface area contributed by atoms with Crippen molar-refractivity contribution in [1.82, 2.24) is 14.8 Å². The molecule has 0 aromatic carbocycles. The third-order valence-electron chi connectivity index (χ3n) is 5.52. The average molecular weight is 346 g/mol. The lowest BCUT2D eigenvalue weighted by molar-refractivity contribution is -0.144. The first-order chi connectivity index (χ1) is 12.2. The highest BCUT2D eigenvalue weighted by Gasteiger charge is 2.30. The molecule has 3 heterocycles. The Labute approximate surface area is 150 Å². The summed E-state index contributed by atoms with van der Waals surface area (Å²) in [6.45, 7) is 9.05. The molecule has 0 unspecified atom stereocenters. The van der Waals surface area contributed by atoms with E-state index in [1.54, 1.807) is 0 Å². The molecule has 0 saturated carbocycles. The molecule has 2 atom stereocenters. The maximum atomic E-state index is 11.4. The molecule has 2 fully saturated rings. The maximum absolute atomic E-state index is 11.4. The number of likely N-dealkylation sites (tertiary alicyclic amines) is 1. The number of carbonyl (C=O) groups is 1. The third kappa shape index (κ3) is 4.70. The van der Waals surface area contributed by atoms with E-state index in [0.29, 0.717) is 12.3 Å². The number of aromatic nitrogens is 1. The quantitative estimate of drug-likeness (QED) is 0.847. The summed E-state index contributed by atoms with van der Waals surface area (Å²) in [7, 11) is 0. The minimum absolute atomic E-state index is 0.316. The molecule has 1 N–H and O–H groups in total. The molecule has 2 saturated heterocycles. The Bertz CT molecular complexity index is 546. The van der Waals surface area contributed by atoms with Gasteiger partial charge in [-0.15, -0.1) is 0 Å². The van der Waals surface area contributed by atoms with Gasteiger partial charge >= 0.3 is 5.97 Å². The predicted octanol–water partition coefficient (Wildman–Crippen LogP) is 1.78. The van der Waals surface area contributed by atoms with Crippen LogP contribution in [-0.4, -0.2) is 77.7 Å². The van der Waals surface area contributed by atoms with Crippen molar-refractivity contribution in [2.45, 2.75) is 32.2 Å². The van der Waals surface area contributed by atoms with Crippen LogP contribution in [-0.2, 0) is 4.79 Å². The zero-order valence-corrected chi connectivity index (χ0v) is 15.2. The molecule has 0 radical (unpaired) electrons. The number of piperidine rings is 1. The zero-order valence-electron chi connectivity index (χ0n) is 15.2. The third-order valence-corrected chi connectivity index (χ3v) is 5.52. The van der Waals surface area contributed by atoms with E-state index >= 15 is 0 Å². The topological polar surface area (TPSA) is 59.9 Å². The van der Waals surface area contributed by atoms with Gasteiger partial charge in [0.15, 0.2) is 0 Å². The van der Waals surface area contributed by atoms with E-state index < -0.39 is 5.97 Å². The summed E-state index contributed by atoms with van der Waals surface area (Å²) in [5.41, 5.74) is 0. The van der Waals surface area contributed by atoms with Gasteiger partial charge in [0.05, 0.1) is 0 Å². The molecule has 3 rings (SSSR count). The minimum atomic E-state index is -0.674. The predicted molar refractivity (Wildman–Crippen MR) is 98.9 cm³/mol. The Morgan fingerprint density at radius 3 is 2.72 bits per heavy atom. The normalized spacial score (nSPS) is 24.2. The van der Waals surface area contributed by atoms with Gasteiger partial charge in [-0.2, -0.15) is 0 Å². The number of hydrogen-bond acceptors (Lipinski definition) is 5. The van der Waals surface area contributed by atoms with Crippen LogP contribution in [0.1, 0.15) is 26.2 Å². The van der Waals surface area contributed by atoms with Gasteiger partial charge in [-0.05, 0) is 43.9 Å². The van der Waals surface area contributed by atoms with Gasteiger partial charge < -0.3 is 10.0 Å². The van der Waals surface area contributed by atoms with Crippen LogP contribution >= 0.6 is 0 Å². The molecular formula is C19H30N4O2. The number of hydrogen-bond donors (Lipinski definition) is 1. The van der Waals surface area contributed by atoms with Crippen LogP contribution in [0.25, 0.3) is 0 Å². The SMILES string of the molecule is CC[C@@H](C(=O)O)N1CCC[C@H](CN2CCN(c3ccccn3)CC2)C1. The Morgan fingerprint density at radius 2 is 2.08 bits per heavy atom. The summed E-state index contributed by atoms with van der Waals surface area (Å²) in [5.74, 6) is 0.980. The molecule has 0 amide bonds. The van der Waals surface area contributed by atoms with E-state index in [1.807, 2.05) is 25.3 Å². The van der Waals surface area contributed by atoms with Gasteiger partial charge in [-0.1, -0.05) is 13.0 Å². The summed E-state index contributed by atoms with van der Waals surface area (Å²) in [6.07, 6.45) is 4.87. The van der Waals surface area contributed by atoms with Crippen LogP contribution in [0.5, 0.6) is 0 Å². The zero-order chi connectivity index (χ0) is 17.6. The molecule has 1 aromatic heterocycles. The number of carboxylic acids is 1. The second kappa shape index (κ2) is 8.63. The Kier molecular flexibility index (Phi) is 6.26. The molecular weight excluding hydrogens is 316 g/mol. The van der Waals surface area contributed by atoms with E-state index in [9.17, 15) is 9.90 Å². The first kappa shape index (κ1) is 18.1. The highest BCUT2D eigenvalue weighted by molar-refractivity contribution is 5.73. The van der Waals surface area contributed by atoms with Gasteiger partial charge in [-0.3, -0.25) is 14.6 Å². The van der Waals surface area contributed by atoms with Gasteiger partial charge in [0.1, 0.15) is 11.9 Å². The average Bonchev–Trinajstić information content (AvgIpc) is 2.64. The van der Waals surface area contributed by atoms with E-state index in [2.05, 4.69) is 25.8 Å². The van der Waals surface area contributed by atoms with E-state index in [4.69, 9.17) is 0 Å². The summed E-state index contributed by atoms with van der Waals surface area (Å²) in [6, 6.07) is 5.75. The number of anilines is 1. The Morgan fingerprint density at radius 1 is 1.28 bits per heavy atom. The number of aliphatic carboxylic acids is 1. The van der Waals surface area contributed by atoms with Crippen molar-refractivity contribution >= 4 is 11.8 Å². The van der Waals surface area contributed by atoms with Crippen LogP contribution in [0.15, 0.2) is 24.4 Å². The minimum Gasteiger partial charge on any atom is -0.480 e. The fraction of sp³-hybridized carbons (Fsp3) is 0.684. The Balaban J connectivity index is 1.48. The van der Waals surface area contributed by atoms with Crippen LogP contribution in [0, 0.1) is 5.92 Å². The molecule has 6 nitrogen and oxygen atoms in total. The number of rotatable bonds is 6. The summed E-state index contributed by atoms with van der Waals surface area (Å²) < 4.78 is 0. The van der Waals surface area contributed by atoms with Gasteiger partial charge in [0, 0.05) is 45.5 Å². The number of pyridine rings is 1. The van der Waals surface area contributed by atoms with Crippen LogP contribution in [0.3, 0.4) is 0 Å². The van der Waals surface area contributed by atoms with Crippen molar-refractivity contribution in [1.29, 1.82) is 0 Å². The lowest BCUT2D eigenvalue weighted by atomic mass is 9.95. The molecule has 2 aliphatic heterocycles. The van der Waals surface area contributed by atoms with E-state index in [0.717, 1.165) is 58.1 Å². The van der Waals surface area contributed by atoms with Gasteiger partial charge in [0.2, 0.25) is 0 Å². The van der Waals surface area contributed by atoms with Crippen molar-refractivity contribution in [3.63, 3.8) is 0 Å². The number of carboxylic acid groups (broad SMARTS) is 1. The molecule has 0 bridgehead atoms. The van der Waals surface area contributed by atoms with Crippen molar-refractivity contribution in [2.75, 3.05) is 50.7 Å². The molecule has 0 spiro atoms. The maximum Gasteiger partial charge on any atom is 0.320 e.